The predicted molar refractivity (Wildman–Crippen MR) is 110 cm³/mol. The maximum atomic E-state index is 13.3. The number of carbonyl (C=O) groups is 1. The molecule has 1 aliphatic rings. The van der Waals surface area contributed by atoms with Crippen molar-refractivity contribution < 1.29 is 9.53 Å². The van der Waals surface area contributed by atoms with Crippen molar-refractivity contribution in [1.82, 2.24) is 14.7 Å². The molecule has 1 aliphatic heterocycles. The van der Waals surface area contributed by atoms with Crippen LogP contribution >= 0.6 is 0 Å². The number of hydrogen-bond acceptors (Lipinski definition) is 3. The highest BCUT2D eigenvalue weighted by atomic mass is 16.5. The second kappa shape index (κ2) is 7.89. The third-order valence-corrected chi connectivity index (χ3v) is 5.23. The Labute approximate surface area is 165 Å². The van der Waals surface area contributed by atoms with Crippen molar-refractivity contribution in [2.24, 2.45) is 0 Å². The second-order valence-corrected chi connectivity index (χ2v) is 7.26. The molecule has 1 aromatic heterocycles. The van der Waals surface area contributed by atoms with Gasteiger partial charge in [0.15, 0.2) is 0 Å². The zero-order valence-corrected chi connectivity index (χ0v) is 16.4. The van der Waals surface area contributed by atoms with E-state index in [4.69, 9.17) is 9.84 Å². The summed E-state index contributed by atoms with van der Waals surface area (Å²) in [5, 5.41) is 4.79. The molecule has 0 bridgehead atoms. The molecule has 3 aromatic rings. The van der Waals surface area contributed by atoms with Gasteiger partial charge in [0.2, 0.25) is 0 Å². The zero-order chi connectivity index (χ0) is 19.5. The Morgan fingerprint density at radius 1 is 1.04 bits per heavy atom. The molecule has 2 heterocycles. The Hall–Kier alpha value is -3.08. The molecule has 0 aliphatic carbocycles. The van der Waals surface area contributed by atoms with Crippen molar-refractivity contribution in [3.63, 3.8) is 0 Å². The van der Waals surface area contributed by atoms with Gasteiger partial charge in [0, 0.05) is 24.8 Å². The molecule has 4 rings (SSSR count). The van der Waals surface area contributed by atoms with Gasteiger partial charge in [-0.25, -0.2) is 4.68 Å². The first-order valence-electron chi connectivity index (χ1n) is 9.76. The average Bonchev–Trinajstić information content (AvgIpc) is 3.20. The summed E-state index contributed by atoms with van der Waals surface area (Å²) in [5.74, 6) is 0.801. The van der Waals surface area contributed by atoms with Gasteiger partial charge in [-0.3, -0.25) is 4.79 Å². The lowest BCUT2D eigenvalue weighted by atomic mass is 10.1. The van der Waals surface area contributed by atoms with Gasteiger partial charge in [-0.15, -0.1) is 0 Å². The van der Waals surface area contributed by atoms with E-state index in [9.17, 15) is 4.79 Å². The largest absolute Gasteiger partial charge is 0.497 e. The van der Waals surface area contributed by atoms with Crippen LogP contribution in [0, 0.1) is 6.92 Å². The highest BCUT2D eigenvalue weighted by molar-refractivity contribution is 6.00. The average molecular weight is 375 g/mol. The topological polar surface area (TPSA) is 47.4 Å². The van der Waals surface area contributed by atoms with Crippen molar-refractivity contribution in [2.45, 2.75) is 26.2 Å². The van der Waals surface area contributed by atoms with Gasteiger partial charge in [-0.05, 0) is 50.5 Å². The molecular formula is C23H25N3O2. The van der Waals surface area contributed by atoms with Gasteiger partial charge in [0.1, 0.15) is 11.4 Å². The normalized spacial score (nSPS) is 14.1. The van der Waals surface area contributed by atoms with E-state index < -0.39 is 0 Å². The fraction of sp³-hybridized carbons (Fsp3) is 0.304. The summed E-state index contributed by atoms with van der Waals surface area (Å²) in [5.41, 5.74) is 4.33. The third kappa shape index (κ3) is 3.65. The van der Waals surface area contributed by atoms with Crippen molar-refractivity contribution in [2.75, 3.05) is 20.2 Å². The van der Waals surface area contributed by atoms with Crippen LogP contribution in [-0.2, 0) is 0 Å². The molecule has 1 amide bonds. The van der Waals surface area contributed by atoms with Crippen LogP contribution in [0.15, 0.2) is 54.7 Å². The molecule has 0 N–H and O–H groups in total. The Morgan fingerprint density at radius 2 is 1.79 bits per heavy atom. The van der Waals surface area contributed by atoms with E-state index in [1.165, 1.54) is 12.0 Å². The minimum absolute atomic E-state index is 0.0517. The second-order valence-electron chi connectivity index (χ2n) is 7.26. The Morgan fingerprint density at radius 3 is 2.50 bits per heavy atom. The van der Waals surface area contributed by atoms with Gasteiger partial charge in [0.05, 0.1) is 18.4 Å². The third-order valence-electron chi connectivity index (χ3n) is 5.23. The smallest absolute Gasteiger partial charge is 0.257 e. The standard InChI is InChI=1S/C23H25N3O2/c1-17-9-11-19(12-10-17)26-16-21(23(27)25-13-4-3-5-14-25)22(24-26)18-7-6-8-20(15-18)28-2/h6-12,15-16H,3-5,13-14H2,1-2H3. The number of ether oxygens (including phenoxy) is 1. The molecule has 0 unspecified atom stereocenters. The molecular weight excluding hydrogens is 350 g/mol. The number of rotatable bonds is 4. The summed E-state index contributed by atoms with van der Waals surface area (Å²) in [6.45, 7) is 3.68. The maximum Gasteiger partial charge on any atom is 0.257 e. The van der Waals surface area contributed by atoms with Crippen LogP contribution in [0.1, 0.15) is 35.2 Å². The van der Waals surface area contributed by atoms with E-state index in [0.29, 0.717) is 11.3 Å². The molecule has 0 atom stereocenters. The number of amides is 1. The summed E-state index contributed by atoms with van der Waals surface area (Å²) >= 11 is 0. The first-order valence-corrected chi connectivity index (χ1v) is 9.76. The molecule has 0 spiro atoms. The highest BCUT2D eigenvalue weighted by Crippen LogP contribution is 2.28. The van der Waals surface area contributed by atoms with Crippen molar-refractivity contribution in [3.05, 3.63) is 65.9 Å². The van der Waals surface area contributed by atoms with Gasteiger partial charge < -0.3 is 9.64 Å². The van der Waals surface area contributed by atoms with Crippen molar-refractivity contribution in [1.29, 1.82) is 0 Å². The van der Waals surface area contributed by atoms with Crippen LogP contribution in [0.2, 0.25) is 0 Å². The SMILES string of the molecule is COc1cccc(-c2nn(-c3ccc(C)cc3)cc2C(=O)N2CCCCC2)c1. The van der Waals surface area contributed by atoms with E-state index in [1.54, 1.807) is 11.8 Å². The van der Waals surface area contributed by atoms with Crippen LogP contribution in [0.3, 0.4) is 0 Å². The minimum atomic E-state index is 0.0517. The molecule has 2 aromatic carbocycles. The van der Waals surface area contributed by atoms with Crippen LogP contribution < -0.4 is 4.74 Å². The maximum absolute atomic E-state index is 13.3. The number of piperidine rings is 1. The predicted octanol–water partition coefficient (Wildman–Crippen LogP) is 4.48. The van der Waals surface area contributed by atoms with Crippen LogP contribution in [-0.4, -0.2) is 40.8 Å². The number of likely N-dealkylation sites (tertiary alicyclic amines) is 1. The number of methoxy groups -OCH3 is 1. The summed E-state index contributed by atoms with van der Waals surface area (Å²) < 4.78 is 7.16. The first-order chi connectivity index (χ1) is 13.7. The van der Waals surface area contributed by atoms with Gasteiger partial charge in [-0.2, -0.15) is 5.10 Å². The Kier molecular flexibility index (Phi) is 5.15. The molecule has 1 fully saturated rings. The number of nitrogens with zero attached hydrogens (tertiary/aromatic N) is 3. The molecule has 5 heteroatoms. The lowest BCUT2D eigenvalue weighted by molar-refractivity contribution is 0.0725. The van der Waals surface area contributed by atoms with E-state index >= 15 is 0 Å². The van der Waals surface area contributed by atoms with E-state index in [2.05, 4.69) is 6.92 Å². The lowest BCUT2D eigenvalue weighted by Gasteiger charge is -2.26. The van der Waals surface area contributed by atoms with E-state index in [0.717, 1.165) is 42.9 Å². The fourth-order valence-electron chi connectivity index (χ4n) is 3.61. The minimum Gasteiger partial charge on any atom is -0.497 e. The molecule has 1 saturated heterocycles. The highest BCUT2D eigenvalue weighted by Gasteiger charge is 2.24. The fourth-order valence-corrected chi connectivity index (χ4v) is 3.61. The number of aromatic nitrogens is 2. The Balaban J connectivity index is 1.79. The monoisotopic (exact) mass is 375 g/mol. The summed E-state index contributed by atoms with van der Waals surface area (Å²) in [6, 6.07) is 15.9. The molecule has 28 heavy (non-hydrogen) atoms. The number of hydrogen-bond donors (Lipinski definition) is 0. The molecule has 0 saturated carbocycles. The van der Waals surface area contributed by atoms with Crippen LogP contribution in [0.5, 0.6) is 5.75 Å². The molecule has 5 nitrogen and oxygen atoms in total. The van der Waals surface area contributed by atoms with E-state index in [1.807, 2.05) is 59.6 Å². The van der Waals surface area contributed by atoms with Crippen LogP contribution in [0.4, 0.5) is 0 Å². The van der Waals surface area contributed by atoms with E-state index in [-0.39, 0.29) is 5.91 Å². The Bertz CT molecular complexity index is 970. The summed E-state index contributed by atoms with van der Waals surface area (Å²) in [6.07, 6.45) is 5.17. The summed E-state index contributed by atoms with van der Waals surface area (Å²) in [7, 11) is 1.64. The summed E-state index contributed by atoms with van der Waals surface area (Å²) in [4.78, 5) is 15.2. The lowest BCUT2D eigenvalue weighted by Crippen LogP contribution is -2.35. The number of aryl methyl sites for hydroxylation is 1. The van der Waals surface area contributed by atoms with Gasteiger partial charge in [-0.1, -0.05) is 29.8 Å². The van der Waals surface area contributed by atoms with Gasteiger partial charge >= 0.3 is 0 Å². The molecule has 144 valence electrons. The quantitative estimate of drug-likeness (QED) is 0.675. The zero-order valence-electron chi connectivity index (χ0n) is 16.4. The van der Waals surface area contributed by atoms with Crippen molar-refractivity contribution in [3.8, 4) is 22.7 Å². The first kappa shape index (κ1) is 18.3. The number of benzene rings is 2. The number of carbonyl (C=O) groups excluding carboxylic acids is 1. The van der Waals surface area contributed by atoms with Crippen LogP contribution in [0.25, 0.3) is 16.9 Å². The van der Waals surface area contributed by atoms with Crippen molar-refractivity contribution >= 4 is 5.91 Å². The molecule has 0 radical (unpaired) electrons. The van der Waals surface area contributed by atoms with Gasteiger partial charge in [0.25, 0.3) is 5.91 Å².